The molecule has 134 valence electrons. The Balaban J connectivity index is 1.33. The van der Waals surface area contributed by atoms with E-state index in [4.69, 9.17) is 16.6 Å². The molecule has 0 spiro atoms. The van der Waals surface area contributed by atoms with Gasteiger partial charge in [-0.05, 0) is 43.0 Å². The number of benzene rings is 2. The smallest absolute Gasteiger partial charge is 0.222 e. The summed E-state index contributed by atoms with van der Waals surface area (Å²) < 4.78 is 1.25. The van der Waals surface area contributed by atoms with Crippen LogP contribution in [0.3, 0.4) is 0 Å². The van der Waals surface area contributed by atoms with Gasteiger partial charge in [-0.3, -0.25) is 4.79 Å². The number of likely N-dealkylation sites (tertiary alicyclic amines) is 1. The lowest BCUT2D eigenvalue weighted by Gasteiger charge is -2.31. The summed E-state index contributed by atoms with van der Waals surface area (Å²) in [6.07, 6.45) is 3.22. The molecular formula is C21H21ClN2OS. The zero-order valence-electron chi connectivity index (χ0n) is 14.5. The van der Waals surface area contributed by atoms with Gasteiger partial charge >= 0.3 is 0 Å². The topological polar surface area (TPSA) is 33.2 Å². The Morgan fingerprint density at radius 3 is 2.62 bits per heavy atom. The summed E-state index contributed by atoms with van der Waals surface area (Å²) in [5, 5.41) is 1.96. The summed E-state index contributed by atoms with van der Waals surface area (Å²) in [4.78, 5) is 19.3. The highest BCUT2D eigenvalue weighted by Crippen LogP contribution is 2.34. The van der Waals surface area contributed by atoms with Crippen LogP contribution in [0.5, 0.6) is 0 Å². The Kier molecular flexibility index (Phi) is 5.23. The van der Waals surface area contributed by atoms with Crippen LogP contribution in [0, 0.1) is 0 Å². The van der Waals surface area contributed by atoms with Crippen molar-refractivity contribution in [1.82, 2.24) is 9.88 Å². The molecular weight excluding hydrogens is 364 g/mol. The van der Waals surface area contributed by atoms with Gasteiger partial charge in [-0.25, -0.2) is 4.98 Å². The summed E-state index contributed by atoms with van der Waals surface area (Å²) in [7, 11) is 0. The van der Waals surface area contributed by atoms with Gasteiger partial charge in [-0.1, -0.05) is 41.9 Å². The fourth-order valence-corrected chi connectivity index (χ4v) is 4.91. The highest BCUT2D eigenvalue weighted by atomic mass is 35.5. The predicted octanol–water partition coefficient (Wildman–Crippen LogP) is 5.29. The Labute approximate surface area is 162 Å². The van der Waals surface area contributed by atoms with Gasteiger partial charge in [-0.2, -0.15) is 0 Å². The van der Waals surface area contributed by atoms with Crippen LogP contribution in [0.25, 0.3) is 10.2 Å². The predicted molar refractivity (Wildman–Crippen MR) is 108 cm³/mol. The molecule has 0 unspecified atom stereocenters. The number of aromatic nitrogens is 1. The number of nitrogens with zero attached hydrogens (tertiary/aromatic N) is 2. The van der Waals surface area contributed by atoms with E-state index in [-0.39, 0.29) is 5.91 Å². The van der Waals surface area contributed by atoms with Crippen molar-refractivity contribution < 1.29 is 4.79 Å². The maximum atomic E-state index is 12.5. The van der Waals surface area contributed by atoms with Gasteiger partial charge in [0.25, 0.3) is 0 Å². The van der Waals surface area contributed by atoms with Crippen LogP contribution in [0.2, 0.25) is 5.02 Å². The average molecular weight is 385 g/mol. The first kappa shape index (κ1) is 17.5. The molecule has 0 radical (unpaired) electrons. The van der Waals surface area contributed by atoms with E-state index in [1.807, 2.05) is 35.2 Å². The van der Waals surface area contributed by atoms with E-state index < -0.39 is 0 Å². The van der Waals surface area contributed by atoms with E-state index in [2.05, 4.69) is 18.2 Å². The standard InChI is InChI=1S/C21H21ClN2OS/c22-17-6-2-1-5-15(17)9-10-20(25)24-13-11-16(12-14-24)21-23-18-7-3-4-8-19(18)26-21/h1-8,16H,9-14H2. The van der Waals surface area contributed by atoms with Crippen molar-refractivity contribution in [2.45, 2.75) is 31.6 Å². The van der Waals surface area contributed by atoms with Gasteiger partial charge in [0, 0.05) is 30.5 Å². The summed E-state index contributed by atoms with van der Waals surface area (Å²) >= 11 is 7.98. The number of para-hydroxylation sites is 1. The molecule has 3 aromatic rings. The minimum absolute atomic E-state index is 0.229. The number of aryl methyl sites for hydroxylation is 1. The van der Waals surface area contributed by atoms with Crippen molar-refractivity contribution in [3.63, 3.8) is 0 Å². The number of thiazole rings is 1. The van der Waals surface area contributed by atoms with Crippen LogP contribution < -0.4 is 0 Å². The van der Waals surface area contributed by atoms with Crippen molar-refractivity contribution in [2.24, 2.45) is 0 Å². The molecule has 1 amide bonds. The molecule has 1 aliphatic rings. The second-order valence-corrected chi connectivity index (χ2v) is 8.24. The first-order chi connectivity index (χ1) is 12.7. The first-order valence-electron chi connectivity index (χ1n) is 9.07. The number of carbonyl (C=O) groups excluding carboxylic acids is 1. The third-order valence-electron chi connectivity index (χ3n) is 5.07. The maximum Gasteiger partial charge on any atom is 0.222 e. The Bertz CT molecular complexity index is 882. The molecule has 3 nitrogen and oxygen atoms in total. The number of piperidine rings is 1. The van der Waals surface area contributed by atoms with Gasteiger partial charge in [0.2, 0.25) is 5.91 Å². The van der Waals surface area contributed by atoms with Gasteiger partial charge in [-0.15, -0.1) is 11.3 Å². The lowest BCUT2D eigenvalue weighted by molar-refractivity contribution is -0.132. The van der Waals surface area contributed by atoms with Gasteiger partial charge in [0.05, 0.1) is 15.2 Å². The molecule has 1 aromatic heterocycles. The van der Waals surface area contributed by atoms with E-state index >= 15 is 0 Å². The van der Waals surface area contributed by atoms with E-state index in [0.717, 1.165) is 42.0 Å². The quantitative estimate of drug-likeness (QED) is 0.612. The number of hydrogen-bond donors (Lipinski definition) is 0. The third-order valence-corrected chi connectivity index (χ3v) is 6.64. The fraction of sp³-hybridized carbons (Fsp3) is 0.333. The molecule has 0 bridgehead atoms. The van der Waals surface area contributed by atoms with Crippen molar-refractivity contribution >= 4 is 39.1 Å². The van der Waals surface area contributed by atoms with Crippen molar-refractivity contribution in [3.05, 3.63) is 64.1 Å². The molecule has 0 N–H and O–H groups in total. The molecule has 2 aromatic carbocycles. The van der Waals surface area contributed by atoms with Crippen LogP contribution in [0.4, 0.5) is 0 Å². The van der Waals surface area contributed by atoms with Crippen LogP contribution in [0.1, 0.15) is 35.8 Å². The highest BCUT2D eigenvalue weighted by Gasteiger charge is 2.25. The second kappa shape index (κ2) is 7.77. The number of amides is 1. The van der Waals surface area contributed by atoms with Crippen molar-refractivity contribution in [1.29, 1.82) is 0 Å². The second-order valence-electron chi connectivity index (χ2n) is 6.77. The normalized spacial score (nSPS) is 15.5. The first-order valence-corrected chi connectivity index (χ1v) is 10.3. The van der Waals surface area contributed by atoms with E-state index in [1.54, 1.807) is 11.3 Å². The fourth-order valence-electron chi connectivity index (χ4n) is 3.54. The number of rotatable bonds is 4. The lowest BCUT2D eigenvalue weighted by Crippen LogP contribution is -2.38. The Hall–Kier alpha value is -1.91. The molecule has 0 aliphatic carbocycles. The summed E-state index contributed by atoms with van der Waals surface area (Å²) in [6, 6.07) is 16.1. The van der Waals surface area contributed by atoms with Crippen LogP contribution >= 0.6 is 22.9 Å². The molecule has 26 heavy (non-hydrogen) atoms. The monoisotopic (exact) mass is 384 g/mol. The summed E-state index contributed by atoms with van der Waals surface area (Å²) in [5.41, 5.74) is 2.14. The van der Waals surface area contributed by atoms with E-state index in [0.29, 0.717) is 18.8 Å². The molecule has 1 fully saturated rings. The van der Waals surface area contributed by atoms with Crippen LogP contribution in [-0.2, 0) is 11.2 Å². The minimum atomic E-state index is 0.229. The molecule has 2 heterocycles. The summed E-state index contributed by atoms with van der Waals surface area (Å²) in [5.74, 6) is 0.702. The molecule has 5 heteroatoms. The van der Waals surface area contributed by atoms with Gasteiger partial charge in [0.15, 0.2) is 0 Å². The molecule has 0 saturated carbocycles. The minimum Gasteiger partial charge on any atom is -0.343 e. The highest BCUT2D eigenvalue weighted by molar-refractivity contribution is 7.18. The number of carbonyl (C=O) groups is 1. The third kappa shape index (κ3) is 3.76. The van der Waals surface area contributed by atoms with E-state index in [9.17, 15) is 4.79 Å². The molecule has 0 atom stereocenters. The van der Waals surface area contributed by atoms with E-state index in [1.165, 1.54) is 9.71 Å². The van der Waals surface area contributed by atoms with Gasteiger partial charge < -0.3 is 4.90 Å². The Morgan fingerprint density at radius 1 is 1.12 bits per heavy atom. The molecule has 1 aliphatic heterocycles. The largest absolute Gasteiger partial charge is 0.343 e. The van der Waals surface area contributed by atoms with Crippen molar-refractivity contribution in [3.8, 4) is 0 Å². The lowest BCUT2D eigenvalue weighted by atomic mass is 9.97. The number of halogens is 1. The Morgan fingerprint density at radius 2 is 1.85 bits per heavy atom. The summed E-state index contributed by atoms with van der Waals surface area (Å²) in [6.45, 7) is 1.64. The number of fused-ring (bicyclic) bond motifs is 1. The molecule has 1 saturated heterocycles. The maximum absolute atomic E-state index is 12.5. The zero-order valence-corrected chi connectivity index (χ0v) is 16.1. The van der Waals surface area contributed by atoms with Crippen LogP contribution in [0.15, 0.2) is 48.5 Å². The van der Waals surface area contributed by atoms with Gasteiger partial charge in [0.1, 0.15) is 0 Å². The zero-order chi connectivity index (χ0) is 17.9. The number of hydrogen-bond acceptors (Lipinski definition) is 3. The average Bonchev–Trinajstić information content (AvgIpc) is 3.11. The van der Waals surface area contributed by atoms with Crippen molar-refractivity contribution in [2.75, 3.05) is 13.1 Å². The molecule has 4 rings (SSSR count). The van der Waals surface area contributed by atoms with Crippen LogP contribution in [-0.4, -0.2) is 28.9 Å². The SMILES string of the molecule is O=C(CCc1ccccc1Cl)N1CCC(c2nc3ccccc3s2)CC1.